The molecule has 1 aromatic carbocycles. The molecule has 110 valence electrons. The van der Waals surface area contributed by atoms with E-state index in [1.54, 1.807) is 12.4 Å². The molecular weight excluding hydrogens is 274 g/mol. The van der Waals surface area contributed by atoms with Crippen molar-refractivity contribution in [2.75, 3.05) is 11.1 Å². The van der Waals surface area contributed by atoms with E-state index in [0.717, 1.165) is 28.2 Å². The van der Waals surface area contributed by atoms with Gasteiger partial charge in [0, 0.05) is 35.0 Å². The molecule has 5 heteroatoms. The first kappa shape index (κ1) is 14.0. The second-order valence-electron chi connectivity index (χ2n) is 5.15. The molecule has 0 saturated heterocycles. The minimum atomic E-state index is 0.556. The SMILES string of the molecule is Cc1cc(-c2ccncc2)nc(Nc2cc(N)ccc2C)n1. The lowest BCUT2D eigenvalue weighted by Gasteiger charge is -2.11. The Morgan fingerprint density at radius 2 is 1.73 bits per heavy atom. The van der Waals surface area contributed by atoms with Gasteiger partial charge in [0.2, 0.25) is 5.95 Å². The average Bonchev–Trinajstić information content (AvgIpc) is 2.51. The predicted molar refractivity (Wildman–Crippen MR) is 88.9 cm³/mol. The van der Waals surface area contributed by atoms with Gasteiger partial charge >= 0.3 is 0 Å². The maximum absolute atomic E-state index is 5.84. The van der Waals surface area contributed by atoms with Crippen LogP contribution in [0.2, 0.25) is 0 Å². The lowest BCUT2D eigenvalue weighted by atomic mass is 10.1. The number of benzene rings is 1. The molecule has 0 amide bonds. The number of anilines is 3. The van der Waals surface area contributed by atoms with Crippen molar-refractivity contribution in [3.8, 4) is 11.3 Å². The van der Waals surface area contributed by atoms with Crippen LogP contribution < -0.4 is 11.1 Å². The van der Waals surface area contributed by atoms with Crippen LogP contribution in [0, 0.1) is 13.8 Å². The first-order valence-electron chi connectivity index (χ1n) is 7.01. The van der Waals surface area contributed by atoms with Crippen LogP contribution in [0.4, 0.5) is 17.3 Å². The molecule has 3 rings (SSSR count). The Labute approximate surface area is 129 Å². The van der Waals surface area contributed by atoms with Crippen molar-refractivity contribution in [2.45, 2.75) is 13.8 Å². The third-order valence-electron chi connectivity index (χ3n) is 3.34. The summed E-state index contributed by atoms with van der Waals surface area (Å²) in [6, 6.07) is 11.5. The molecule has 2 aromatic heterocycles. The molecule has 0 aliphatic rings. The van der Waals surface area contributed by atoms with Gasteiger partial charge in [-0.15, -0.1) is 0 Å². The summed E-state index contributed by atoms with van der Waals surface area (Å²) in [6.45, 7) is 3.96. The number of aryl methyl sites for hydroxylation is 2. The summed E-state index contributed by atoms with van der Waals surface area (Å²) in [5, 5.41) is 3.25. The van der Waals surface area contributed by atoms with E-state index in [1.165, 1.54) is 0 Å². The van der Waals surface area contributed by atoms with Crippen LogP contribution in [0.1, 0.15) is 11.3 Å². The molecule has 2 heterocycles. The Kier molecular flexibility index (Phi) is 3.70. The van der Waals surface area contributed by atoms with Crippen molar-refractivity contribution >= 4 is 17.3 Å². The summed E-state index contributed by atoms with van der Waals surface area (Å²) in [4.78, 5) is 13.1. The first-order chi connectivity index (χ1) is 10.6. The number of nitrogen functional groups attached to an aromatic ring is 1. The van der Waals surface area contributed by atoms with Gasteiger partial charge in [0.1, 0.15) is 0 Å². The first-order valence-corrected chi connectivity index (χ1v) is 7.01. The highest BCUT2D eigenvalue weighted by Gasteiger charge is 2.06. The minimum Gasteiger partial charge on any atom is -0.399 e. The number of pyridine rings is 1. The maximum atomic E-state index is 5.84. The summed E-state index contributed by atoms with van der Waals surface area (Å²) in [5.41, 5.74) is 11.3. The van der Waals surface area contributed by atoms with Crippen molar-refractivity contribution in [3.05, 3.63) is 60.0 Å². The number of rotatable bonds is 3. The highest BCUT2D eigenvalue weighted by Crippen LogP contribution is 2.23. The normalized spacial score (nSPS) is 10.5. The summed E-state index contributed by atoms with van der Waals surface area (Å²) in [5.74, 6) is 0.556. The topological polar surface area (TPSA) is 76.7 Å². The summed E-state index contributed by atoms with van der Waals surface area (Å²) >= 11 is 0. The zero-order chi connectivity index (χ0) is 15.5. The second kappa shape index (κ2) is 5.81. The van der Waals surface area contributed by atoms with E-state index in [1.807, 2.05) is 50.2 Å². The van der Waals surface area contributed by atoms with E-state index in [0.29, 0.717) is 11.6 Å². The Morgan fingerprint density at radius 3 is 2.50 bits per heavy atom. The number of nitrogens with one attached hydrogen (secondary N) is 1. The molecule has 3 aromatic rings. The van der Waals surface area contributed by atoms with Crippen LogP contribution in [0.5, 0.6) is 0 Å². The minimum absolute atomic E-state index is 0.556. The molecule has 0 aliphatic heterocycles. The Hall–Kier alpha value is -2.95. The van der Waals surface area contributed by atoms with E-state index in [2.05, 4.69) is 20.3 Å². The van der Waals surface area contributed by atoms with Crippen LogP contribution in [0.3, 0.4) is 0 Å². The average molecular weight is 291 g/mol. The van der Waals surface area contributed by atoms with Gasteiger partial charge in [0.15, 0.2) is 0 Å². The molecule has 5 nitrogen and oxygen atoms in total. The van der Waals surface area contributed by atoms with Crippen LogP contribution in [-0.4, -0.2) is 15.0 Å². The van der Waals surface area contributed by atoms with Gasteiger partial charge in [-0.05, 0) is 49.7 Å². The van der Waals surface area contributed by atoms with Crippen LogP contribution >= 0.6 is 0 Å². The lowest BCUT2D eigenvalue weighted by molar-refractivity contribution is 1.11. The third kappa shape index (κ3) is 3.03. The monoisotopic (exact) mass is 291 g/mol. The zero-order valence-electron chi connectivity index (χ0n) is 12.5. The van der Waals surface area contributed by atoms with Gasteiger partial charge in [0.25, 0.3) is 0 Å². The quantitative estimate of drug-likeness (QED) is 0.722. The predicted octanol–water partition coefficient (Wildman–Crippen LogP) is 3.48. The third-order valence-corrected chi connectivity index (χ3v) is 3.34. The highest BCUT2D eigenvalue weighted by molar-refractivity contribution is 5.66. The van der Waals surface area contributed by atoms with E-state index >= 15 is 0 Å². The van der Waals surface area contributed by atoms with Gasteiger partial charge in [-0.25, -0.2) is 9.97 Å². The van der Waals surface area contributed by atoms with Gasteiger partial charge in [-0.2, -0.15) is 0 Å². The summed E-state index contributed by atoms with van der Waals surface area (Å²) < 4.78 is 0. The molecule has 0 fully saturated rings. The highest BCUT2D eigenvalue weighted by atomic mass is 15.1. The molecule has 3 N–H and O–H groups in total. The van der Waals surface area contributed by atoms with Gasteiger partial charge < -0.3 is 11.1 Å². The Bertz CT molecular complexity index is 799. The van der Waals surface area contributed by atoms with Crippen LogP contribution in [0.25, 0.3) is 11.3 Å². The smallest absolute Gasteiger partial charge is 0.227 e. The van der Waals surface area contributed by atoms with Crippen LogP contribution in [0.15, 0.2) is 48.8 Å². The fourth-order valence-electron chi connectivity index (χ4n) is 2.19. The number of aromatic nitrogens is 3. The van der Waals surface area contributed by atoms with Gasteiger partial charge in [-0.3, -0.25) is 4.98 Å². The van der Waals surface area contributed by atoms with E-state index in [-0.39, 0.29) is 0 Å². The second-order valence-corrected chi connectivity index (χ2v) is 5.15. The molecule has 0 aliphatic carbocycles. The summed E-state index contributed by atoms with van der Waals surface area (Å²) in [6.07, 6.45) is 3.50. The number of nitrogens with two attached hydrogens (primary N) is 1. The largest absolute Gasteiger partial charge is 0.399 e. The lowest BCUT2D eigenvalue weighted by Crippen LogP contribution is -2.02. The zero-order valence-corrected chi connectivity index (χ0v) is 12.5. The molecular formula is C17H17N5. The molecule has 0 saturated carbocycles. The van der Waals surface area contributed by atoms with Crippen LogP contribution in [-0.2, 0) is 0 Å². The number of hydrogen-bond acceptors (Lipinski definition) is 5. The summed E-state index contributed by atoms with van der Waals surface area (Å²) in [7, 11) is 0. The van der Waals surface area contributed by atoms with Crippen molar-refractivity contribution in [1.82, 2.24) is 15.0 Å². The Balaban J connectivity index is 1.98. The van der Waals surface area contributed by atoms with Crippen molar-refractivity contribution < 1.29 is 0 Å². The fourth-order valence-corrected chi connectivity index (χ4v) is 2.19. The maximum Gasteiger partial charge on any atom is 0.227 e. The van der Waals surface area contributed by atoms with Gasteiger partial charge in [-0.1, -0.05) is 6.07 Å². The van der Waals surface area contributed by atoms with E-state index in [4.69, 9.17) is 5.73 Å². The van der Waals surface area contributed by atoms with E-state index < -0.39 is 0 Å². The van der Waals surface area contributed by atoms with Crippen molar-refractivity contribution in [1.29, 1.82) is 0 Å². The molecule has 0 unspecified atom stereocenters. The molecule has 0 atom stereocenters. The van der Waals surface area contributed by atoms with Crippen molar-refractivity contribution in [3.63, 3.8) is 0 Å². The Morgan fingerprint density at radius 1 is 0.955 bits per heavy atom. The molecule has 0 spiro atoms. The number of hydrogen-bond donors (Lipinski definition) is 2. The van der Waals surface area contributed by atoms with Gasteiger partial charge in [0.05, 0.1) is 5.69 Å². The number of nitrogens with zero attached hydrogens (tertiary/aromatic N) is 3. The molecule has 0 bridgehead atoms. The fraction of sp³-hybridized carbons (Fsp3) is 0.118. The molecule has 0 radical (unpaired) electrons. The molecule has 22 heavy (non-hydrogen) atoms. The van der Waals surface area contributed by atoms with Crippen molar-refractivity contribution in [2.24, 2.45) is 0 Å². The van der Waals surface area contributed by atoms with E-state index in [9.17, 15) is 0 Å². The standard InChI is InChI=1S/C17H17N5/c1-11-3-4-14(18)10-15(11)21-17-20-12(2)9-16(22-17)13-5-7-19-8-6-13/h3-10H,18H2,1-2H3,(H,20,21,22).